The molecular weight excluding hydrogens is 458 g/mol. The maximum atomic E-state index is 13.8. The molecule has 168 valence electrons. The lowest BCUT2D eigenvalue weighted by Crippen LogP contribution is -3.00. The number of carbonyl (C=O) groups excluding carboxylic acids is 2. The van der Waals surface area contributed by atoms with E-state index in [1.807, 2.05) is 53.2 Å². The predicted octanol–water partition coefficient (Wildman–Crippen LogP) is 2.91. The normalized spacial score (nSPS) is 24.6. The van der Waals surface area contributed by atoms with Crippen LogP contribution in [0.2, 0.25) is 0 Å². The van der Waals surface area contributed by atoms with Gasteiger partial charge in [-0.05, 0) is 47.7 Å². The van der Waals surface area contributed by atoms with E-state index in [2.05, 4.69) is 12.1 Å². The molecule has 32 heavy (non-hydrogen) atoms. The molecule has 0 amide bonds. The molecule has 4 heterocycles. The lowest BCUT2D eigenvalue weighted by Gasteiger charge is -2.51. The molecule has 6 heteroatoms. The van der Waals surface area contributed by atoms with E-state index in [9.17, 15) is 9.59 Å². The Kier molecular flexibility index (Phi) is 7.30. The molecule has 0 bridgehead atoms. The topological polar surface area (TPSA) is 34.1 Å². The van der Waals surface area contributed by atoms with Crippen LogP contribution in [0.4, 0.5) is 0 Å². The SMILES string of the molecule is O=C(c1cccs1)C1C[N+]2(CCCCC2)CC(C(=O)c2cccs2)C1c1ccccc1.[Cl-]. The molecule has 3 nitrogen and oxygen atoms in total. The molecule has 3 aromatic rings. The zero-order chi connectivity index (χ0) is 21.3. The van der Waals surface area contributed by atoms with Crippen molar-refractivity contribution in [3.05, 3.63) is 80.7 Å². The standard InChI is InChI=1S/C26H28NO2S2.ClH/c28-25(22-11-7-15-30-22)20-17-27(13-5-2-6-14-27)18-21(26(29)23-12-8-16-31-23)24(20)19-9-3-1-4-10-19;/h1,3-4,7-12,15-16,20-21,24H,2,5-6,13-14,17-18H2;1H/q+1;/p-1. The second-order valence-corrected chi connectivity index (χ2v) is 10.9. The zero-order valence-corrected chi connectivity index (χ0v) is 20.4. The van der Waals surface area contributed by atoms with Gasteiger partial charge in [0.05, 0.1) is 47.8 Å². The fraction of sp³-hybridized carbons (Fsp3) is 0.385. The van der Waals surface area contributed by atoms with Crippen molar-refractivity contribution in [1.29, 1.82) is 0 Å². The summed E-state index contributed by atoms with van der Waals surface area (Å²) in [6.45, 7) is 3.88. The second-order valence-electron chi connectivity index (χ2n) is 9.05. The maximum absolute atomic E-state index is 13.8. The molecular formula is C26H28ClNO2S2. The van der Waals surface area contributed by atoms with Crippen molar-refractivity contribution in [3.63, 3.8) is 0 Å². The van der Waals surface area contributed by atoms with Crippen molar-refractivity contribution in [2.75, 3.05) is 26.2 Å². The molecule has 2 aliphatic rings. The van der Waals surface area contributed by atoms with Crippen molar-refractivity contribution in [1.82, 2.24) is 0 Å². The second kappa shape index (κ2) is 10.0. The first-order valence-corrected chi connectivity index (χ1v) is 13.0. The first-order chi connectivity index (χ1) is 15.2. The Balaban J connectivity index is 0.00000245. The Labute approximate surface area is 204 Å². The number of quaternary nitrogens is 1. The molecule has 2 fully saturated rings. The number of ketones is 2. The van der Waals surface area contributed by atoms with Crippen LogP contribution in [0.3, 0.4) is 0 Å². The van der Waals surface area contributed by atoms with Crippen molar-refractivity contribution >= 4 is 34.2 Å². The number of hydrogen-bond acceptors (Lipinski definition) is 4. The zero-order valence-electron chi connectivity index (χ0n) is 18.0. The van der Waals surface area contributed by atoms with E-state index in [1.54, 1.807) is 0 Å². The summed E-state index contributed by atoms with van der Waals surface area (Å²) >= 11 is 3.05. The van der Waals surface area contributed by atoms with Crippen LogP contribution in [0.1, 0.15) is 50.1 Å². The van der Waals surface area contributed by atoms with Gasteiger partial charge in [-0.2, -0.15) is 0 Å². The Hall–Kier alpha value is -1.79. The van der Waals surface area contributed by atoms with Gasteiger partial charge < -0.3 is 16.9 Å². The van der Waals surface area contributed by atoms with E-state index >= 15 is 0 Å². The highest BCUT2D eigenvalue weighted by molar-refractivity contribution is 7.12. The van der Waals surface area contributed by atoms with Gasteiger partial charge in [0, 0.05) is 5.92 Å². The van der Waals surface area contributed by atoms with Crippen LogP contribution in [-0.2, 0) is 0 Å². The van der Waals surface area contributed by atoms with Gasteiger partial charge in [0.1, 0.15) is 0 Å². The summed E-state index contributed by atoms with van der Waals surface area (Å²) in [5.74, 6) is 0.0333. The minimum atomic E-state index is -0.165. The number of benzene rings is 1. The summed E-state index contributed by atoms with van der Waals surface area (Å²) in [6.07, 6.45) is 3.64. The Bertz CT molecular complexity index is 969. The molecule has 1 spiro atoms. The van der Waals surface area contributed by atoms with Crippen LogP contribution in [0.15, 0.2) is 65.4 Å². The average molecular weight is 486 g/mol. The van der Waals surface area contributed by atoms with E-state index in [0.717, 1.165) is 46.0 Å². The van der Waals surface area contributed by atoms with E-state index in [0.29, 0.717) is 0 Å². The van der Waals surface area contributed by atoms with Gasteiger partial charge in [-0.15, -0.1) is 22.7 Å². The van der Waals surface area contributed by atoms with Gasteiger partial charge in [0.25, 0.3) is 0 Å². The van der Waals surface area contributed by atoms with Crippen LogP contribution in [0, 0.1) is 11.8 Å². The van der Waals surface area contributed by atoms with E-state index in [-0.39, 0.29) is 41.7 Å². The minimum absolute atomic E-state index is 0. The van der Waals surface area contributed by atoms with E-state index in [1.165, 1.54) is 41.9 Å². The number of hydrogen-bond donors (Lipinski definition) is 0. The average Bonchev–Trinajstić information content (AvgIpc) is 3.53. The van der Waals surface area contributed by atoms with Crippen LogP contribution in [0.5, 0.6) is 0 Å². The fourth-order valence-corrected chi connectivity index (χ4v) is 7.26. The van der Waals surface area contributed by atoms with Gasteiger partial charge >= 0.3 is 0 Å². The summed E-state index contributed by atoms with van der Waals surface area (Å²) in [6, 6.07) is 18.1. The third kappa shape index (κ3) is 4.49. The van der Waals surface area contributed by atoms with Crippen molar-refractivity contribution in [3.8, 4) is 0 Å². The van der Waals surface area contributed by atoms with Crippen LogP contribution in [0.25, 0.3) is 0 Å². The smallest absolute Gasteiger partial charge is 0.182 e. The molecule has 5 rings (SSSR count). The number of nitrogens with zero attached hydrogens (tertiary/aromatic N) is 1. The van der Waals surface area contributed by atoms with Gasteiger partial charge in [-0.3, -0.25) is 9.59 Å². The number of piperidine rings is 2. The van der Waals surface area contributed by atoms with Crippen LogP contribution >= 0.6 is 22.7 Å². The summed E-state index contributed by atoms with van der Waals surface area (Å²) in [4.78, 5) is 29.3. The van der Waals surface area contributed by atoms with Gasteiger partial charge in [-0.1, -0.05) is 42.5 Å². The number of thiophene rings is 2. The first-order valence-electron chi connectivity index (χ1n) is 11.2. The molecule has 0 aliphatic carbocycles. The van der Waals surface area contributed by atoms with Crippen LogP contribution in [-0.4, -0.2) is 42.2 Å². The minimum Gasteiger partial charge on any atom is -1.00 e. The number of rotatable bonds is 5. The Morgan fingerprint density at radius 1 is 0.719 bits per heavy atom. The Morgan fingerprint density at radius 3 is 1.72 bits per heavy atom. The molecule has 2 aromatic heterocycles. The molecule has 0 radical (unpaired) electrons. The molecule has 2 unspecified atom stereocenters. The van der Waals surface area contributed by atoms with Gasteiger partial charge in [0.15, 0.2) is 11.6 Å². The van der Waals surface area contributed by atoms with Gasteiger partial charge in [0.2, 0.25) is 0 Å². The lowest BCUT2D eigenvalue weighted by atomic mass is 9.68. The van der Waals surface area contributed by atoms with Crippen LogP contribution < -0.4 is 12.4 Å². The molecule has 0 N–H and O–H groups in total. The third-order valence-electron chi connectivity index (χ3n) is 7.19. The fourth-order valence-electron chi connectivity index (χ4n) is 5.80. The Morgan fingerprint density at radius 2 is 1.25 bits per heavy atom. The van der Waals surface area contributed by atoms with E-state index < -0.39 is 0 Å². The third-order valence-corrected chi connectivity index (χ3v) is 8.95. The largest absolute Gasteiger partial charge is 1.00 e. The summed E-state index contributed by atoms with van der Waals surface area (Å²) in [5.41, 5.74) is 1.13. The summed E-state index contributed by atoms with van der Waals surface area (Å²) < 4.78 is 0.924. The molecule has 2 aliphatic heterocycles. The van der Waals surface area contributed by atoms with Crippen molar-refractivity contribution in [2.24, 2.45) is 11.8 Å². The van der Waals surface area contributed by atoms with Crippen molar-refractivity contribution < 1.29 is 26.5 Å². The highest BCUT2D eigenvalue weighted by Crippen LogP contribution is 2.45. The molecule has 0 saturated carbocycles. The summed E-state index contributed by atoms with van der Waals surface area (Å²) in [7, 11) is 0. The molecule has 2 saturated heterocycles. The quantitative estimate of drug-likeness (QED) is 0.411. The van der Waals surface area contributed by atoms with E-state index in [4.69, 9.17) is 0 Å². The highest BCUT2D eigenvalue weighted by atomic mass is 35.5. The predicted molar refractivity (Wildman–Crippen MR) is 127 cm³/mol. The number of Topliss-reactive ketones (excluding diaryl/α,β-unsaturated/α-hetero) is 2. The molecule has 1 aromatic carbocycles. The highest BCUT2D eigenvalue weighted by Gasteiger charge is 2.52. The first kappa shape index (κ1) is 23.4. The maximum Gasteiger partial charge on any atom is 0.182 e. The monoisotopic (exact) mass is 485 g/mol. The van der Waals surface area contributed by atoms with Crippen molar-refractivity contribution in [2.45, 2.75) is 25.2 Å². The lowest BCUT2D eigenvalue weighted by molar-refractivity contribution is -0.941. The molecule has 2 atom stereocenters. The number of carbonyl (C=O) groups is 2. The van der Waals surface area contributed by atoms with Gasteiger partial charge in [-0.25, -0.2) is 0 Å². The summed E-state index contributed by atoms with van der Waals surface area (Å²) in [5, 5.41) is 3.96. The number of halogens is 1.